The molecule has 2 aliphatic rings. The summed E-state index contributed by atoms with van der Waals surface area (Å²) in [5.41, 5.74) is 8.47. The lowest BCUT2D eigenvalue weighted by Gasteiger charge is -2.32. The van der Waals surface area contributed by atoms with Crippen LogP contribution in [0, 0.1) is 11.3 Å². The van der Waals surface area contributed by atoms with Crippen LogP contribution in [0.25, 0.3) is 0 Å². The Morgan fingerprint density at radius 3 is 2.67 bits per heavy atom. The van der Waals surface area contributed by atoms with Crippen LogP contribution in [0.5, 0.6) is 0 Å². The second-order valence-corrected chi connectivity index (χ2v) is 7.85. The quantitative estimate of drug-likeness (QED) is 0.791. The Kier molecular flexibility index (Phi) is 5.53. The highest BCUT2D eigenvalue weighted by Gasteiger charge is 2.37. The lowest BCUT2D eigenvalue weighted by molar-refractivity contribution is -0.130. The van der Waals surface area contributed by atoms with E-state index in [0.29, 0.717) is 44.6 Å². The molecule has 3 N–H and O–H groups in total. The maximum absolute atomic E-state index is 12.9. The fraction of sp³-hybridized carbons (Fsp3) is 0.348. The van der Waals surface area contributed by atoms with Gasteiger partial charge >= 0.3 is 0 Å². The zero-order chi connectivity index (χ0) is 21.1. The minimum Gasteiger partial charge on any atom is -0.381 e. The summed E-state index contributed by atoms with van der Waals surface area (Å²) in [5.74, 6) is -0.386. The van der Waals surface area contributed by atoms with E-state index in [-0.39, 0.29) is 11.8 Å². The zero-order valence-corrected chi connectivity index (χ0v) is 16.6. The highest BCUT2D eigenvalue weighted by atomic mass is 16.5. The van der Waals surface area contributed by atoms with Crippen molar-refractivity contribution in [2.75, 3.05) is 18.1 Å². The summed E-state index contributed by atoms with van der Waals surface area (Å²) >= 11 is 0. The number of anilines is 1. The third-order valence-electron chi connectivity index (χ3n) is 5.78. The van der Waals surface area contributed by atoms with Crippen LogP contribution in [0.4, 0.5) is 5.69 Å². The molecule has 1 atom stereocenters. The molecule has 0 bridgehead atoms. The monoisotopic (exact) mass is 404 g/mol. The summed E-state index contributed by atoms with van der Waals surface area (Å²) in [4.78, 5) is 27.2. The van der Waals surface area contributed by atoms with Crippen molar-refractivity contribution in [1.29, 1.82) is 5.26 Å². The van der Waals surface area contributed by atoms with Gasteiger partial charge in [-0.25, -0.2) is 0 Å². The van der Waals surface area contributed by atoms with E-state index < -0.39 is 11.6 Å². The normalized spacial score (nSPS) is 18.4. The molecule has 2 aromatic carbocycles. The van der Waals surface area contributed by atoms with E-state index in [9.17, 15) is 14.9 Å². The summed E-state index contributed by atoms with van der Waals surface area (Å²) in [6.45, 7) is 1.40. The molecule has 4 rings (SSSR count). The van der Waals surface area contributed by atoms with Crippen LogP contribution < -0.4 is 16.0 Å². The molecule has 2 amide bonds. The average molecular weight is 404 g/mol. The van der Waals surface area contributed by atoms with Crippen LogP contribution in [-0.4, -0.2) is 36.6 Å². The summed E-state index contributed by atoms with van der Waals surface area (Å²) in [7, 11) is 0. The standard InChI is InChI=1S/C23H24N4O3/c24-14-18(26-22(29)23(25)8-10-30-11-9-23)12-16-6-7-17-15-27(21(28)20(17)13-16)19-4-2-1-3-5-19/h1-7,13,18H,8-12,15,25H2,(H,26,29). The van der Waals surface area contributed by atoms with Gasteiger partial charge in [-0.1, -0.05) is 30.3 Å². The number of nitrogens with two attached hydrogens (primary N) is 1. The maximum atomic E-state index is 12.9. The number of carbonyl (C=O) groups is 2. The smallest absolute Gasteiger partial charge is 0.258 e. The van der Waals surface area contributed by atoms with Crippen molar-refractivity contribution in [2.45, 2.75) is 37.4 Å². The van der Waals surface area contributed by atoms with Crippen molar-refractivity contribution in [2.24, 2.45) is 5.73 Å². The SMILES string of the molecule is N#CC(Cc1ccc2c(c1)C(=O)N(c1ccccc1)C2)NC(=O)C1(N)CCOCC1. The number of nitrogens with one attached hydrogen (secondary N) is 1. The largest absolute Gasteiger partial charge is 0.381 e. The molecule has 2 aliphatic heterocycles. The van der Waals surface area contributed by atoms with Gasteiger partial charge in [-0.05, 0) is 42.2 Å². The second-order valence-electron chi connectivity index (χ2n) is 7.85. The van der Waals surface area contributed by atoms with Crippen LogP contribution >= 0.6 is 0 Å². The molecule has 0 aliphatic carbocycles. The lowest BCUT2D eigenvalue weighted by atomic mass is 9.90. The van der Waals surface area contributed by atoms with Crippen molar-refractivity contribution >= 4 is 17.5 Å². The Labute approximate surface area is 175 Å². The third kappa shape index (κ3) is 3.92. The number of benzene rings is 2. The first-order valence-electron chi connectivity index (χ1n) is 10.1. The highest BCUT2D eigenvalue weighted by Crippen LogP contribution is 2.29. The van der Waals surface area contributed by atoms with Gasteiger partial charge in [0.15, 0.2) is 0 Å². The number of rotatable bonds is 5. The molecule has 0 saturated carbocycles. The van der Waals surface area contributed by atoms with E-state index in [0.717, 1.165) is 16.8 Å². The van der Waals surface area contributed by atoms with Crippen LogP contribution in [0.15, 0.2) is 48.5 Å². The number of carbonyl (C=O) groups excluding carboxylic acids is 2. The maximum Gasteiger partial charge on any atom is 0.258 e. The number of hydrogen-bond acceptors (Lipinski definition) is 5. The molecule has 30 heavy (non-hydrogen) atoms. The number of nitriles is 1. The Morgan fingerprint density at radius 2 is 1.97 bits per heavy atom. The number of hydrogen-bond donors (Lipinski definition) is 2. The molecule has 154 valence electrons. The zero-order valence-electron chi connectivity index (χ0n) is 16.6. The second kappa shape index (κ2) is 8.27. The van der Waals surface area contributed by atoms with E-state index in [1.165, 1.54) is 0 Å². The van der Waals surface area contributed by atoms with Crippen molar-refractivity contribution in [1.82, 2.24) is 5.32 Å². The summed E-state index contributed by atoms with van der Waals surface area (Å²) < 4.78 is 5.27. The molecule has 7 heteroatoms. The van der Waals surface area contributed by atoms with Gasteiger partial charge in [0.05, 0.1) is 18.2 Å². The minimum absolute atomic E-state index is 0.0568. The minimum atomic E-state index is -1.00. The van der Waals surface area contributed by atoms with Gasteiger partial charge in [0, 0.05) is 30.9 Å². The number of para-hydroxylation sites is 1. The summed E-state index contributed by atoms with van der Waals surface area (Å²) in [6.07, 6.45) is 1.17. The predicted octanol–water partition coefficient (Wildman–Crippen LogP) is 1.91. The first-order valence-corrected chi connectivity index (χ1v) is 10.1. The molecular formula is C23H24N4O3. The van der Waals surface area contributed by atoms with Gasteiger partial charge < -0.3 is 20.7 Å². The molecule has 1 fully saturated rings. The predicted molar refractivity (Wildman–Crippen MR) is 112 cm³/mol. The van der Waals surface area contributed by atoms with Crippen molar-refractivity contribution < 1.29 is 14.3 Å². The molecular weight excluding hydrogens is 380 g/mol. The Balaban J connectivity index is 1.46. The Morgan fingerprint density at radius 1 is 1.23 bits per heavy atom. The molecule has 0 aromatic heterocycles. The molecule has 0 spiro atoms. The molecule has 2 aromatic rings. The fourth-order valence-electron chi connectivity index (χ4n) is 3.92. The number of amides is 2. The van der Waals surface area contributed by atoms with Gasteiger partial charge in [0.1, 0.15) is 6.04 Å². The topological polar surface area (TPSA) is 108 Å². The molecule has 0 radical (unpaired) electrons. The summed E-state index contributed by atoms with van der Waals surface area (Å²) in [6, 6.07) is 16.6. The van der Waals surface area contributed by atoms with Crippen molar-refractivity contribution in [3.8, 4) is 6.07 Å². The number of nitrogens with zero attached hydrogens (tertiary/aromatic N) is 2. The van der Waals surface area contributed by atoms with Gasteiger partial charge in [-0.15, -0.1) is 0 Å². The third-order valence-corrected chi connectivity index (χ3v) is 5.78. The van der Waals surface area contributed by atoms with Crippen molar-refractivity contribution in [3.63, 3.8) is 0 Å². The van der Waals surface area contributed by atoms with E-state index in [1.807, 2.05) is 48.5 Å². The Hall–Kier alpha value is -3.21. The van der Waals surface area contributed by atoms with Crippen LogP contribution in [0.3, 0.4) is 0 Å². The molecule has 1 unspecified atom stereocenters. The van der Waals surface area contributed by atoms with E-state index in [4.69, 9.17) is 10.5 Å². The first kappa shape index (κ1) is 20.1. The van der Waals surface area contributed by atoms with Crippen LogP contribution in [0.1, 0.15) is 34.3 Å². The van der Waals surface area contributed by atoms with E-state index >= 15 is 0 Å². The van der Waals surface area contributed by atoms with Gasteiger partial charge in [-0.3, -0.25) is 9.59 Å². The van der Waals surface area contributed by atoms with Crippen LogP contribution in [-0.2, 0) is 22.5 Å². The van der Waals surface area contributed by atoms with Gasteiger partial charge in [0.25, 0.3) is 5.91 Å². The summed E-state index contributed by atoms with van der Waals surface area (Å²) in [5, 5.41) is 12.3. The van der Waals surface area contributed by atoms with Gasteiger partial charge in [0.2, 0.25) is 5.91 Å². The molecule has 7 nitrogen and oxygen atoms in total. The number of fused-ring (bicyclic) bond motifs is 1. The van der Waals surface area contributed by atoms with E-state index in [1.54, 1.807) is 4.90 Å². The highest BCUT2D eigenvalue weighted by molar-refractivity contribution is 6.10. The van der Waals surface area contributed by atoms with Gasteiger partial charge in [-0.2, -0.15) is 5.26 Å². The van der Waals surface area contributed by atoms with Crippen LogP contribution in [0.2, 0.25) is 0 Å². The van der Waals surface area contributed by atoms with Crippen molar-refractivity contribution in [3.05, 3.63) is 65.2 Å². The average Bonchev–Trinajstić information content (AvgIpc) is 3.10. The first-order chi connectivity index (χ1) is 14.5. The molecule has 2 heterocycles. The number of ether oxygens (including phenoxy) is 1. The van der Waals surface area contributed by atoms with E-state index in [2.05, 4.69) is 11.4 Å². The fourth-order valence-corrected chi connectivity index (χ4v) is 3.92. The molecule has 1 saturated heterocycles. The lowest BCUT2D eigenvalue weighted by Crippen LogP contribution is -2.58. The Bertz CT molecular complexity index is 993.